The highest BCUT2D eigenvalue weighted by Gasteiger charge is 2.24. The van der Waals surface area contributed by atoms with Gasteiger partial charge in [0.05, 0.1) is 25.7 Å². The highest BCUT2D eigenvalue weighted by molar-refractivity contribution is 7.89. The highest BCUT2D eigenvalue weighted by atomic mass is 32.2. The summed E-state index contributed by atoms with van der Waals surface area (Å²) in [5.41, 5.74) is 0. The largest absolute Gasteiger partial charge is 0.481 e. The van der Waals surface area contributed by atoms with Crippen molar-refractivity contribution in [3.63, 3.8) is 0 Å². The van der Waals surface area contributed by atoms with E-state index in [4.69, 9.17) is 5.11 Å². The highest BCUT2D eigenvalue weighted by Crippen LogP contribution is 2.13. The number of carboxylic acids is 1. The molecule has 0 bridgehead atoms. The lowest BCUT2D eigenvalue weighted by Crippen LogP contribution is -2.38. The van der Waals surface area contributed by atoms with Crippen LogP contribution in [-0.4, -0.2) is 59.6 Å². The monoisotopic (exact) mass is 318 g/mol. The number of hydrogen-bond acceptors (Lipinski definition) is 5. The molecule has 0 radical (unpaired) electrons. The maximum Gasteiger partial charge on any atom is 0.305 e. The van der Waals surface area contributed by atoms with E-state index in [1.807, 2.05) is 0 Å². The molecule has 0 saturated carbocycles. The molecule has 0 saturated heterocycles. The molecule has 1 heterocycles. The third-order valence-corrected chi connectivity index (χ3v) is 4.37. The van der Waals surface area contributed by atoms with Crippen LogP contribution in [0.5, 0.6) is 0 Å². The van der Waals surface area contributed by atoms with Gasteiger partial charge in [-0.3, -0.25) is 14.3 Å². The molecule has 118 valence electrons. The number of aromatic nitrogens is 2. The minimum Gasteiger partial charge on any atom is -0.481 e. The molecule has 1 aromatic rings. The first kappa shape index (κ1) is 17.1. The van der Waals surface area contributed by atoms with Crippen molar-refractivity contribution in [2.24, 2.45) is 0 Å². The molecule has 10 heteroatoms. The topological polar surface area (TPSA) is 122 Å². The van der Waals surface area contributed by atoms with Crippen LogP contribution in [0.3, 0.4) is 0 Å². The molecule has 1 amide bonds. The van der Waals surface area contributed by atoms with Gasteiger partial charge in [0.15, 0.2) is 0 Å². The van der Waals surface area contributed by atoms with Crippen molar-refractivity contribution in [2.45, 2.75) is 24.8 Å². The molecule has 21 heavy (non-hydrogen) atoms. The minimum absolute atomic E-state index is 0.0743. The fourth-order valence-corrected chi connectivity index (χ4v) is 2.61. The molecule has 0 aliphatic rings. The number of nitrogens with zero attached hydrogens (tertiary/aromatic N) is 3. The zero-order valence-electron chi connectivity index (χ0n) is 11.8. The summed E-state index contributed by atoms with van der Waals surface area (Å²) in [5.74, 6) is -1.40. The Labute approximate surface area is 122 Å². The molecule has 0 spiro atoms. The number of hydrogen-bond donors (Lipinski definition) is 2. The van der Waals surface area contributed by atoms with E-state index in [1.54, 1.807) is 6.92 Å². The van der Waals surface area contributed by atoms with Crippen molar-refractivity contribution in [1.29, 1.82) is 0 Å². The first-order valence-electron chi connectivity index (χ1n) is 6.24. The van der Waals surface area contributed by atoms with Gasteiger partial charge in [0.25, 0.3) is 0 Å². The van der Waals surface area contributed by atoms with Gasteiger partial charge in [0.1, 0.15) is 4.90 Å². The van der Waals surface area contributed by atoms with Crippen molar-refractivity contribution in [1.82, 2.24) is 19.4 Å². The molecular weight excluding hydrogens is 300 g/mol. The summed E-state index contributed by atoms with van der Waals surface area (Å²) < 4.78 is 26.5. The number of rotatable bonds is 8. The number of aryl methyl sites for hydroxylation is 1. The molecule has 1 rings (SSSR count). The number of nitrogens with one attached hydrogen (secondary N) is 1. The quantitative estimate of drug-likeness (QED) is 0.641. The Morgan fingerprint density at radius 2 is 2.14 bits per heavy atom. The average molecular weight is 318 g/mol. The van der Waals surface area contributed by atoms with Gasteiger partial charge in [-0.15, -0.1) is 0 Å². The first-order chi connectivity index (χ1) is 9.77. The number of sulfonamides is 1. The standard InChI is InChI=1S/C11H18N4O5S/c1-3-12-10(16)8-14(2)21(19,20)9-6-13-15(7-9)5-4-11(17)18/h6-7H,3-5,8H2,1-2H3,(H,12,16)(H,17,18). The summed E-state index contributed by atoms with van der Waals surface area (Å²) in [7, 11) is -2.54. The molecule has 0 fully saturated rings. The number of carboxylic acid groups (broad SMARTS) is 1. The summed E-state index contributed by atoms with van der Waals surface area (Å²) in [5, 5.41) is 14.9. The van der Waals surface area contributed by atoms with Gasteiger partial charge in [0, 0.05) is 19.8 Å². The maximum atomic E-state index is 12.2. The average Bonchev–Trinajstić information content (AvgIpc) is 2.85. The van der Waals surface area contributed by atoms with E-state index in [-0.39, 0.29) is 24.4 Å². The lowest BCUT2D eigenvalue weighted by atomic mass is 10.4. The number of amides is 1. The third-order valence-electron chi connectivity index (χ3n) is 2.61. The van der Waals surface area contributed by atoms with Gasteiger partial charge in [-0.2, -0.15) is 9.40 Å². The van der Waals surface area contributed by atoms with Crippen molar-refractivity contribution in [3.05, 3.63) is 12.4 Å². The number of likely N-dealkylation sites (N-methyl/N-ethyl adjacent to an activating group) is 2. The van der Waals surface area contributed by atoms with Crippen LogP contribution in [0.4, 0.5) is 0 Å². The summed E-state index contributed by atoms with van der Waals surface area (Å²) in [4.78, 5) is 21.8. The van der Waals surface area contributed by atoms with E-state index in [0.29, 0.717) is 6.54 Å². The zero-order valence-corrected chi connectivity index (χ0v) is 12.6. The minimum atomic E-state index is -3.83. The van der Waals surface area contributed by atoms with Crippen molar-refractivity contribution in [2.75, 3.05) is 20.1 Å². The van der Waals surface area contributed by atoms with E-state index >= 15 is 0 Å². The Kier molecular flexibility index (Phi) is 5.85. The number of carbonyl (C=O) groups excluding carboxylic acids is 1. The predicted octanol–water partition coefficient (Wildman–Crippen LogP) is -0.886. The molecule has 0 aromatic carbocycles. The summed E-state index contributed by atoms with van der Waals surface area (Å²) in [6.45, 7) is 1.93. The summed E-state index contributed by atoms with van der Waals surface area (Å²) >= 11 is 0. The van der Waals surface area contributed by atoms with Crippen LogP contribution < -0.4 is 5.32 Å². The van der Waals surface area contributed by atoms with Crippen LogP contribution in [0.2, 0.25) is 0 Å². The van der Waals surface area contributed by atoms with Gasteiger partial charge in [0.2, 0.25) is 15.9 Å². The Morgan fingerprint density at radius 1 is 1.48 bits per heavy atom. The van der Waals surface area contributed by atoms with Crippen LogP contribution in [-0.2, 0) is 26.2 Å². The second kappa shape index (κ2) is 7.18. The van der Waals surface area contributed by atoms with E-state index in [2.05, 4.69) is 10.4 Å². The Hall–Kier alpha value is -1.94. The Balaban J connectivity index is 2.78. The molecule has 9 nitrogen and oxygen atoms in total. The van der Waals surface area contributed by atoms with Crippen molar-refractivity contribution < 1.29 is 23.1 Å². The molecule has 2 N–H and O–H groups in total. The van der Waals surface area contributed by atoms with E-state index in [9.17, 15) is 18.0 Å². The van der Waals surface area contributed by atoms with Crippen molar-refractivity contribution >= 4 is 21.9 Å². The molecule has 0 aliphatic heterocycles. The van der Waals surface area contributed by atoms with E-state index in [0.717, 1.165) is 10.5 Å². The third kappa shape index (κ3) is 4.83. The predicted molar refractivity (Wildman–Crippen MR) is 73.0 cm³/mol. The van der Waals surface area contributed by atoms with Crippen LogP contribution >= 0.6 is 0 Å². The Bertz CT molecular complexity index is 610. The van der Waals surface area contributed by atoms with Crippen LogP contribution in [0.1, 0.15) is 13.3 Å². The van der Waals surface area contributed by atoms with Gasteiger partial charge in [-0.1, -0.05) is 0 Å². The molecular formula is C11H18N4O5S. The fourth-order valence-electron chi connectivity index (χ4n) is 1.53. The molecule has 1 aromatic heterocycles. The molecule has 0 aliphatic carbocycles. The smallest absolute Gasteiger partial charge is 0.305 e. The SMILES string of the molecule is CCNC(=O)CN(C)S(=O)(=O)c1cnn(CCC(=O)O)c1. The van der Waals surface area contributed by atoms with Gasteiger partial charge in [-0.25, -0.2) is 8.42 Å². The van der Waals surface area contributed by atoms with Crippen LogP contribution in [0.15, 0.2) is 17.3 Å². The fraction of sp³-hybridized carbons (Fsp3) is 0.545. The maximum absolute atomic E-state index is 12.2. The van der Waals surface area contributed by atoms with Crippen LogP contribution in [0, 0.1) is 0 Å². The Morgan fingerprint density at radius 3 is 2.71 bits per heavy atom. The second-order valence-electron chi connectivity index (χ2n) is 4.30. The van der Waals surface area contributed by atoms with Gasteiger partial charge >= 0.3 is 5.97 Å². The zero-order chi connectivity index (χ0) is 16.0. The van der Waals surface area contributed by atoms with Gasteiger partial charge in [-0.05, 0) is 6.92 Å². The number of carbonyl (C=O) groups is 2. The summed E-state index contributed by atoms with van der Waals surface area (Å²) in [6, 6.07) is 0. The van der Waals surface area contributed by atoms with E-state index in [1.165, 1.54) is 17.9 Å². The molecule has 0 unspecified atom stereocenters. The normalized spacial score (nSPS) is 11.6. The summed E-state index contributed by atoms with van der Waals surface area (Å²) in [6.07, 6.45) is 2.22. The molecule has 0 atom stereocenters. The lowest BCUT2D eigenvalue weighted by Gasteiger charge is -2.15. The second-order valence-corrected chi connectivity index (χ2v) is 6.34. The van der Waals surface area contributed by atoms with Crippen molar-refractivity contribution in [3.8, 4) is 0 Å². The first-order valence-corrected chi connectivity index (χ1v) is 7.68. The lowest BCUT2D eigenvalue weighted by molar-refractivity contribution is -0.137. The van der Waals surface area contributed by atoms with E-state index < -0.39 is 21.9 Å². The van der Waals surface area contributed by atoms with Gasteiger partial charge < -0.3 is 10.4 Å². The van der Waals surface area contributed by atoms with Crippen LogP contribution in [0.25, 0.3) is 0 Å². The number of aliphatic carboxylic acids is 1.